The molecule has 0 saturated heterocycles. The average Bonchev–Trinajstić information content (AvgIpc) is 3.73. The molecule has 0 spiro atoms. The van der Waals surface area contributed by atoms with E-state index in [-0.39, 0.29) is 11.7 Å². The van der Waals surface area contributed by atoms with E-state index in [4.69, 9.17) is 5.11 Å². The van der Waals surface area contributed by atoms with Crippen molar-refractivity contribution < 1.29 is 23.0 Å². The highest BCUT2D eigenvalue weighted by molar-refractivity contribution is 6.58. The Bertz CT molecular complexity index is 1710. The monoisotopic (exact) mass is 555 g/mol. The number of amides is 1. The first-order valence-electron chi connectivity index (χ1n) is 13.4. The molecule has 9 nitrogen and oxygen atoms in total. The summed E-state index contributed by atoms with van der Waals surface area (Å²) in [6.07, 6.45) is 6.56. The van der Waals surface area contributed by atoms with Crippen molar-refractivity contribution in [2.75, 3.05) is 17.2 Å². The molecule has 2 aromatic carbocycles. The van der Waals surface area contributed by atoms with E-state index in [0.717, 1.165) is 26.6 Å². The number of aliphatic hydroxyl groups excluding tert-OH is 1. The molecule has 0 atom stereocenters. The summed E-state index contributed by atoms with van der Waals surface area (Å²) in [6, 6.07) is 19.9. The summed E-state index contributed by atoms with van der Waals surface area (Å²) >= 11 is 0. The first-order valence-corrected chi connectivity index (χ1v) is 13.4. The summed E-state index contributed by atoms with van der Waals surface area (Å²) in [6.45, 7) is -2.58. The van der Waals surface area contributed by atoms with Gasteiger partial charge < -0.3 is 33.3 Å². The highest BCUT2D eigenvalue weighted by Crippen LogP contribution is 2.42. The minimum Gasteiger partial charge on any atom is -0.414 e. The lowest BCUT2D eigenvalue weighted by atomic mass is 9.86. The van der Waals surface area contributed by atoms with Gasteiger partial charge in [0.25, 0.3) is 5.84 Å². The summed E-state index contributed by atoms with van der Waals surface area (Å²) in [4.78, 5) is 11.6. The fourth-order valence-electron chi connectivity index (χ4n) is 5.32. The second kappa shape index (κ2) is 10.6. The Morgan fingerprint density at radius 2 is 1.83 bits per heavy atom. The Hall–Kier alpha value is -4.84. The standard InChI is InChI=1S/C29H28BF2N7O2/c1-2-6-23-18-37(36-35-23)28-16-14-25-29(21-9-11-22(12-10-21)34-27(41)19-40)24-13-15-26(38(24)30(31,32)39(25)28)33-17-20-7-4-3-5-8-20/h3-5,7-16,18,33,40H,2,6,17,19H2,1H3,(H,34,41). The van der Waals surface area contributed by atoms with Crippen LogP contribution in [0.25, 0.3) is 5.57 Å². The van der Waals surface area contributed by atoms with Crippen LogP contribution in [-0.4, -0.2) is 54.4 Å². The van der Waals surface area contributed by atoms with Gasteiger partial charge >= 0.3 is 6.97 Å². The maximum atomic E-state index is 16.7. The van der Waals surface area contributed by atoms with Gasteiger partial charge in [-0.3, -0.25) is 4.79 Å². The predicted molar refractivity (Wildman–Crippen MR) is 154 cm³/mol. The normalized spacial score (nSPS) is 15.2. The lowest BCUT2D eigenvalue weighted by Gasteiger charge is -2.36. The van der Waals surface area contributed by atoms with Crippen LogP contribution in [0.3, 0.4) is 0 Å². The van der Waals surface area contributed by atoms with E-state index in [9.17, 15) is 4.79 Å². The quantitative estimate of drug-likeness (QED) is 0.285. The van der Waals surface area contributed by atoms with Crippen LogP contribution in [0.15, 0.2) is 90.8 Å². The van der Waals surface area contributed by atoms with Crippen LogP contribution in [0.1, 0.15) is 35.9 Å². The molecule has 2 aromatic heterocycles. The lowest BCUT2D eigenvalue weighted by molar-refractivity contribution is -0.364. The molecule has 2 aliphatic heterocycles. The van der Waals surface area contributed by atoms with Gasteiger partial charge in [-0.05, 0) is 47.9 Å². The number of benzene rings is 2. The van der Waals surface area contributed by atoms with E-state index in [1.807, 2.05) is 37.3 Å². The molecule has 4 aromatic rings. The number of nitrogens with zero attached hydrogens (tertiary/aromatic N) is 5. The summed E-state index contributed by atoms with van der Waals surface area (Å²) in [5.74, 6) is -0.0477. The number of aromatic nitrogens is 4. The number of fused-ring (bicyclic) bond motifs is 2. The molecule has 0 aliphatic carbocycles. The van der Waals surface area contributed by atoms with Gasteiger partial charge in [0.15, 0.2) is 0 Å². The molecule has 0 bridgehead atoms. The zero-order valence-electron chi connectivity index (χ0n) is 22.3. The summed E-state index contributed by atoms with van der Waals surface area (Å²) in [5.41, 5.74) is 4.17. The Balaban J connectivity index is 1.49. The Kier molecular flexibility index (Phi) is 6.84. The number of hydrogen-bond acceptors (Lipinski definition) is 5. The van der Waals surface area contributed by atoms with E-state index >= 15 is 8.63 Å². The molecule has 0 unspecified atom stereocenters. The van der Waals surface area contributed by atoms with Crippen molar-refractivity contribution in [1.82, 2.24) is 19.5 Å². The largest absolute Gasteiger partial charge is 0.640 e. The molecule has 0 fully saturated rings. The van der Waals surface area contributed by atoms with Gasteiger partial charge in [0.2, 0.25) is 5.91 Å². The van der Waals surface area contributed by atoms with Crippen molar-refractivity contribution in [2.24, 2.45) is 0 Å². The smallest absolute Gasteiger partial charge is 0.414 e. The maximum absolute atomic E-state index is 16.7. The van der Waals surface area contributed by atoms with Crippen LogP contribution in [0.5, 0.6) is 0 Å². The third-order valence-corrected chi connectivity index (χ3v) is 7.15. The van der Waals surface area contributed by atoms with Gasteiger partial charge in [-0.2, -0.15) is 0 Å². The first-order chi connectivity index (χ1) is 19.9. The molecular weight excluding hydrogens is 527 g/mol. The molecule has 0 saturated carbocycles. The van der Waals surface area contributed by atoms with Crippen LogP contribution in [0.2, 0.25) is 0 Å². The summed E-state index contributed by atoms with van der Waals surface area (Å²) < 4.78 is 36.9. The van der Waals surface area contributed by atoms with E-state index in [1.165, 1.54) is 4.68 Å². The topological polar surface area (TPSA) is 100 Å². The fourth-order valence-corrected chi connectivity index (χ4v) is 5.32. The molecular formula is C29H28BF2N7O2. The molecule has 12 heteroatoms. The second-order valence-electron chi connectivity index (χ2n) is 9.91. The van der Waals surface area contributed by atoms with E-state index < -0.39 is 19.5 Å². The van der Waals surface area contributed by atoms with Gasteiger partial charge in [0.1, 0.15) is 18.5 Å². The van der Waals surface area contributed by atoms with Gasteiger partial charge in [0, 0.05) is 34.8 Å². The average molecular weight is 555 g/mol. The maximum Gasteiger partial charge on any atom is 0.640 e. The molecule has 0 radical (unpaired) electrons. The molecule has 4 heterocycles. The van der Waals surface area contributed by atoms with Crippen molar-refractivity contribution in [3.05, 3.63) is 113 Å². The fraction of sp³-hybridized carbons (Fsp3) is 0.172. The van der Waals surface area contributed by atoms with Crippen molar-refractivity contribution in [3.8, 4) is 0 Å². The third kappa shape index (κ3) is 4.76. The predicted octanol–water partition coefficient (Wildman–Crippen LogP) is 4.10. The number of halogens is 2. The molecule has 6 rings (SSSR count). The minimum atomic E-state index is -4.34. The van der Waals surface area contributed by atoms with E-state index in [1.54, 1.807) is 54.7 Å². The number of hydrogen-bond donors (Lipinski definition) is 3. The third-order valence-electron chi connectivity index (χ3n) is 7.15. The molecule has 2 aliphatic rings. The van der Waals surface area contributed by atoms with Gasteiger partial charge in [-0.1, -0.05) is 60.5 Å². The Morgan fingerprint density at radius 1 is 1.05 bits per heavy atom. The second-order valence-corrected chi connectivity index (χ2v) is 9.91. The highest BCUT2D eigenvalue weighted by atomic mass is 19.2. The molecule has 41 heavy (non-hydrogen) atoms. The van der Waals surface area contributed by atoms with Gasteiger partial charge in [-0.15, -0.1) is 5.10 Å². The van der Waals surface area contributed by atoms with Gasteiger partial charge in [0.05, 0.1) is 11.5 Å². The van der Waals surface area contributed by atoms with Crippen molar-refractivity contribution in [2.45, 2.75) is 26.3 Å². The highest BCUT2D eigenvalue weighted by Gasteiger charge is 2.50. The van der Waals surface area contributed by atoms with Crippen LogP contribution in [-0.2, 0) is 17.8 Å². The van der Waals surface area contributed by atoms with E-state index in [0.29, 0.717) is 41.2 Å². The Labute approximate surface area is 235 Å². The van der Waals surface area contributed by atoms with Crippen LogP contribution in [0, 0.1) is 0 Å². The van der Waals surface area contributed by atoms with Crippen LogP contribution >= 0.6 is 0 Å². The summed E-state index contributed by atoms with van der Waals surface area (Å²) in [7, 11) is 0. The first kappa shape index (κ1) is 26.4. The number of nitrogens with one attached hydrogen (secondary N) is 2. The lowest BCUT2D eigenvalue weighted by Crippen LogP contribution is -2.52. The SMILES string of the molecule is CCCc1cn(C2=[N+]3C(=C(c4ccc(NC(=O)CO)cc4)c4ccc(NCc5ccccc5)n4[B-]3(F)F)C=C2)nn1. The van der Waals surface area contributed by atoms with Crippen LogP contribution in [0.4, 0.5) is 20.1 Å². The van der Waals surface area contributed by atoms with Crippen LogP contribution < -0.4 is 10.6 Å². The number of aliphatic hydroxyl groups is 1. The zero-order valence-corrected chi connectivity index (χ0v) is 22.3. The van der Waals surface area contributed by atoms with E-state index in [2.05, 4.69) is 20.9 Å². The zero-order chi connectivity index (χ0) is 28.6. The number of carbonyl (C=O) groups is 1. The van der Waals surface area contributed by atoms with Crippen molar-refractivity contribution >= 4 is 35.8 Å². The number of anilines is 2. The minimum absolute atomic E-state index is 0.206. The van der Waals surface area contributed by atoms with Crippen molar-refractivity contribution in [3.63, 3.8) is 0 Å². The van der Waals surface area contributed by atoms with Crippen molar-refractivity contribution in [1.29, 1.82) is 0 Å². The number of allylic oxidation sites excluding steroid dienone is 2. The van der Waals surface area contributed by atoms with Gasteiger partial charge in [-0.25, -0.2) is 0 Å². The summed E-state index contributed by atoms with van der Waals surface area (Å²) in [5, 5.41) is 23.2. The molecule has 3 N–H and O–H groups in total. The Morgan fingerprint density at radius 3 is 2.56 bits per heavy atom. The number of aryl methyl sites for hydroxylation is 1. The molecule has 208 valence electrons. The molecule has 1 amide bonds. The number of carbonyl (C=O) groups excluding carboxylic acids is 1. The number of rotatable bonds is 8.